The molecule has 0 aliphatic carbocycles. The molecular weight excluding hydrogens is 228 g/mol. The Hall–Kier alpha value is -1.20. The van der Waals surface area contributed by atoms with Gasteiger partial charge < -0.3 is 14.8 Å². The van der Waals surface area contributed by atoms with Crippen molar-refractivity contribution in [2.75, 3.05) is 33.5 Å². The standard InChI is InChI=1S/C12H17F2NO2/c1-16-8-6-15-9-10-3-2-4-11(14)12(10)17-7-5-13/h2-4,15H,5-9H2,1H3. The highest BCUT2D eigenvalue weighted by Gasteiger charge is 2.09. The molecule has 0 fully saturated rings. The fraction of sp³-hybridized carbons (Fsp3) is 0.500. The SMILES string of the molecule is COCCNCc1cccc(F)c1OCCF. The van der Waals surface area contributed by atoms with Crippen LogP contribution >= 0.6 is 0 Å². The lowest BCUT2D eigenvalue weighted by Crippen LogP contribution is -2.19. The predicted octanol–water partition coefficient (Wildman–Crippen LogP) is 1.91. The summed E-state index contributed by atoms with van der Waals surface area (Å²) in [7, 11) is 1.61. The zero-order valence-corrected chi connectivity index (χ0v) is 9.84. The van der Waals surface area contributed by atoms with Gasteiger partial charge in [-0.25, -0.2) is 8.78 Å². The maximum Gasteiger partial charge on any atom is 0.165 e. The molecule has 0 saturated heterocycles. The lowest BCUT2D eigenvalue weighted by atomic mass is 10.2. The smallest absolute Gasteiger partial charge is 0.165 e. The van der Waals surface area contributed by atoms with Gasteiger partial charge in [-0.1, -0.05) is 12.1 Å². The third-order valence-electron chi connectivity index (χ3n) is 2.17. The van der Waals surface area contributed by atoms with Gasteiger partial charge in [0.15, 0.2) is 11.6 Å². The van der Waals surface area contributed by atoms with E-state index in [-0.39, 0.29) is 12.4 Å². The molecule has 96 valence electrons. The molecule has 0 aliphatic heterocycles. The average Bonchev–Trinajstić information content (AvgIpc) is 2.34. The Labute approximate surface area is 99.7 Å². The lowest BCUT2D eigenvalue weighted by molar-refractivity contribution is 0.199. The van der Waals surface area contributed by atoms with Crippen LogP contribution in [0.25, 0.3) is 0 Å². The van der Waals surface area contributed by atoms with Crippen molar-refractivity contribution >= 4 is 0 Å². The summed E-state index contributed by atoms with van der Waals surface area (Å²) in [5.41, 5.74) is 0.676. The highest BCUT2D eigenvalue weighted by Crippen LogP contribution is 2.22. The minimum atomic E-state index is -0.634. The van der Waals surface area contributed by atoms with Gasteiger partial charge in [0, 0.05) is 25.8 Å². The van der Waals surface area contributed by atoms with Crippen molar-refractivity contribution in [3.63, 3.8) is 0 Å². The fourth-order valence-corrected chi connectivity index (χ4v) is 1.39. The first kappa shape index (κ1) is 13.9. The van der Waals surface area contributed by atoms with E-state index in [1.165, 1.54) is 6.07 Å². The number of para-hydroxylation sites is 1. The molecular formula is C12H17F2NO2. The summed E-state index contributed by atoms with van der Waals surface area (Å²) in [6.07, 6.45) is 0. The van der Waals surface area contributed by atoms with Gasteiger partial charge in [-0.2, -0.15) is 0 Å². The van der Waals surface area contributed by atoms with Crippen molar-refractivity contribution in [2.24, 2.45) is 0 Å². The summed E-state index contributed by atoms with van der Waals surface area (Å²) >= 11 is 0. The highest BCUT2D eigenvalue weighted by molar-refractivity contribution is 5.34. The van der Waals surface area contributed by atoms with Crippen LogP contribution in [-0.4, -0.2) is 33.5 Å². The van der Waals surface area contributed by atoms with Crippen LogP contribution in [0.2, 0.25) is 0 Å². The summed E-state index contributed by atoms with van der Waals surface area (Å²) in [5.74, 6) is -0.348. The Balaban J connectivity index is 2.59. The summed E-state index contributed by atoms with van der Waals surface area (Å²) < 4.78 is 35.4. The molecule has 1 aromatic rings. The lowest BCUT2D eigenvalue weighted by Gasteiger charge is -2.12. The second kappa shape index (κ2) is 7.97. The number of benzene rings is 1. The molecule has 1 N–H and O–H groups in total. The monoisotopic (exact) mass is 245 g/mol. The van der Waals surface area contributed by atoms with E-state index in [9.17, 15) is 8.78 Å². The van der Waals surface area contributed by atoms with E-state index in [0.717, 1.165) is 0 Å². The summed E-state index contributed by atoms with van der Waals surface area (Å²) in [5, 5.41) is 3.08. The first-order valence-electron chi connectivity index (χ1n) is 5.45. The number of halogens is 2. The molecule has 3 nitrogen and oxygen atoms in total. The minimum absolute atomic E-state index is 0.120. The van der Waals surface area contributed by atoms with Crippen molar-refractivity contribution < 1.29 is 18.3 Å². The normalized spacial score (nSPS) is 10.5. The second-order valence-corrected chi connectivity index (χ2v) is 3.44. The van der Waals surface area contributed by atoms with Crippen LogP contribution in [0.5, 0.6) is 5.75 Å². The van der Waals surface area contributed by atoms with Crippen LogP contribution in [0.4, 0.5) is 8.78 Å². The summed E-state index contributed by atoms with van der Waals surface area (Å²) in [6, 6.07) is 4.65. The molecule has 0 heterocycles. The van der Waals surface area contributed by atoms with Crippen LogP contribution in [0.1, 0.15) is 5.56 Å². The third kappa shape index (κ3) is 4.66. The molecule has 0 spiro atoms. The maximum atomic E-state index is 13.4. The number of ether oxygens (including phenoxy) is 2. The maximum absolute atomic E-state index is 13.4. The quantitative estimate of drug-likeness (QED) is 0.710. The van der Waals surface area contributed by atoms with Gasteiger partial charge in [0.2, 0.25) is 0 Å². The average molecular weight is 245 g/mol. The Morgan fingerprint density at radius 3 is 2.82 bits per heavy atom. The Morgan fingerprint density at radius 1 is 1.29 bits per heavy atom. The van der Waals surface area contributed by atoms with Gasteiger partial charge in [-0.15, -0.1) is 0 Å². The Bertz CT molecular complexity index is 334. The third-order valence-corrected chi connectivity index (χ3v) is 2.17. The van der Waals surface area contributed by atoms with Gasteiger partial charge >= 0.3 is 0 Å². The first-order chi connectivity index (χ1) is 8.29. The first-order valence-corrected chi connectivity index (χ1v) is 5.45. The predicted molar refractivity (Wildman–Crippen MR) is 61.5 cm³/mol. The van der Waals surface area contributed by atoms with Gasteiger partial charge in [0.05, 0.1) is 6.61 Å². The number of alkyl halides is 1. The molecule has 1 aromatic carbocycles. The molecule has 0 aromatic heterocycles. The van der Waals surface area contributed by atoms with Crippen LogP contribution in [0.15, 0.2) is 18.2 Å². The van der Waals surface area contributed by atoms with Crippen molar-refractivity contribution in [3.05, 3.63) is 29.6 Å². The van der Waals surface area contributed by atoms with E-state index >= 15 is 0 Å². The van der Waals surface area contributed by atoms with E-state index in [1.807, 2.05) is 0 Å². The minimum Gasteiger partial charge on any atom is -0.487 e. The second-order valence-electron chi connectivity index (χ2n) is 3.44. The molecule has 0 bridgehead atoms. The van der Waals surface area contributed by atoms with Crippen molar-refractivity contribution in [3.8, 4) is 5.75 Å². The van der Waals surface area contributed by atoms with Gasteiger partial charge in [0.1, 0.15) is 13.3 Å². The topological polar surface area (TPSA) is 30.5 Å². The highest BCUT2D eigenvalue weighted by atomic mass is 19.1. The molecule has 0 radical (unpaired) electrons. The van der Waals surface area contributed by atoms with Crippen molar-refractivity contribution in [1.82, 2.24) is 5.32 Å². The molecule has 0 atom stereocenters. The Morgan fingerprint density at radius 2 is 2.12 bits per heavy atom. The van der Waals surface area contributed by atoms with Gasteiger partial charge in [0.25, 0.3) is 0 Å². The fourth-order valence-electron chi connectivity index (χ4n) is 1.39. The van der Waals surface area contributed by atoms with E-state index in [0.29, 0.717) is 25.3 Å². The number of rotatable bonds is 8. The molecule has 17 heavy (non-hydrogen) atoms. The van der Waals surface area contributed by atoms with Crippen LogP contribution in [0, 0.1) is 5.82 Å². The van der Waals surface area contributed by atoms with Gasteiger partial charge in [-0.05, 0) is 6.07 Å². The largest absolute Gasteiger partial charge is 0.487 e. The zero-order chi connectivity index (χ0) is 12.5. The van der Waals surface area contributed by atoms with E-state index < -0.39 is 12.5 Å². The molecule has 0 amide bonds. The molecule has 1 rings (SSSR count). The zero-order valence-electron chi connectivity index (χ0n) is 9.84. The van der Waals surface area contributed by atoms with Crippen LogP contribution in [0.3, 0.4) is 0 Å². The molecule has 0 saturated carbocycles. The summed E-state index contributed by atoms with van der Waals surface area (Å²) in [4.78, 5) is 0. The van der Waals surface area contributed by atoms with E-state index in [2.05, 4.69) is 5.32 Å². The van der Waals surface area contributed by atoms with E-state index in [1.54, 1.807) is 19.2 Å². The molecule has 5 heteroatoms. The number of hydrogen-bond donors (Lipinski definition) is 1. The summed E-state index contributed by atoms with van der Waals surface area (Å²) in [6.45, 7) is 0.936. The number of methoxy groups -OCH3 is 1. The van der Waals surface area contributed by atoms with Crippen molar-refractivity contribution in [2.45, 2.75) is 6.54 Å². The van der Waals surface area contributed by atoms with E-state index in [4.69, 9.17) is 9.47 Å². The van der Waals surface area contributed by atoms with Crippen LogP contribution in [-0.2, 0) is 11.3 Å². The van der Waals surface area contributed by atoms with Gasteiger partial charge in [-0.3, -0.25) is 0 Å². The number of hydrogen-bond acceptors (Lipinski definition) is 3. The Kier molecular flexibility index (Phi) is 6.50. The van der Waals surface area contributed by atoms with Crippen LogP contribution < -0.4 is 10.1 Å². The number of nitrogens with one attached hydrogen (secondary N) is 1. The molecule has 0 unspecified atom stereocenters. The van der Waals surface area contributed by atoms with Crippen molar-refractivity contribution in [1.29, 1.82) is 0 Å². The molecule has 0 aliphatic rings.